The number of benzene rings is 1. The highest BCUT2D eigenvalue weighted by molar-refractivity contribution is 5.76. The number of unbranched alkanes of at least 4 members (excludes halogenated alkanes) is 36. The van der Waals surface area contributed by atoms with Crippen LogP contribution in [0.2, 0.25) is 0 Å². The van der Waals surface area contributed by atoms with Crippen molar-refractivity contribution in [2.75, 3.05) is 39.3 Å². The van der Waals surface area contributed by atoms with Gasteiger partial charge < -0.3 is 14.9 Å². The zero-order valence-electron chi connectivity index (χ0n) is 47.0. The average Bonchev–Trinajstić information content (AvgIpc) is 3.34. The first kappa shape index (κ1) is 64.9. The fourth-order valence-corrected chi connectivity index (χ4v) is 10.3. The number of rotatable bonds is 54. The lowest BCUT2D eigenvalue weighted by atomic mass is 10.1. The molecule has 0 aromatic heterocycles. The van der Waals surface area contributed by atoms with Gasteiger partial charge in [0, 0.05) is 45.6 Å². The van der Waals surface area contributed by atoms with Crippen LogP contribution in [0.4, 0.5) is 0 Å². The van der Waals surface area contributed by atoms with E-state index in [1.807, 2.05) is 12.1 Å². The van der Waals surface area contributed by atoms with Crippen molar-refractivity contribution in [2.24, 2.45) is 0 Å². The van der Waals surface area contributed by atoms with Gasteiger partial charge in [-0.15, -0.1) is 0 Å². The number of hydrogen-bond acceptors (Lipinski definition) is 4. The molecule has 0 unspecified atom stereocenters. The molecule has 0 atom stereocenters. The molecule has 0 spiro atoms. The Bertz CT molecular complexity index is 1130. The molecule has 0 bridgehead atoms. The number of aromatic hydroxyl groups is 1. The number of carbonyl (C=O) groups is 2. The van der Waals surface area contributed by atoms with E-state index in [0.717, 1.165) is 97.2 Å². The number of phenolic OH excluding ortho intramolecular Hbond substituents is 1. The van der Waals surface area contributed by atoms with Crippen molar-refractivity contribution in [1.82, 2.24) is 14.7 Å². The molecule has 1 aromatic carbocycles. The summed E-state index contributed by atoms with van der Waals surface area (Å²) in [7, 11) is 0. The molecule has 404 valence electrons. The van der Waals surface area contributed by atoms with Crippen LogP contribution >= 0.6 is 0 Å². The monoisotopic (exact) mass is 966 g/mol. The Morgan fingerprint density at radius 1 is 0.348 bits per heavy atom. The van der Waals surface area contributed by atoms with Crippen LogP contribution in [0.15, 0.2) is 24.3 Å². The van der Waals surface area contributed by atoms with E-state index in [2.05, 4.69) is 48.5 Å². The summed E-state index contributed by atoms with van der Waals surface area (Å²) in [5, 5.41) is 10.2. The molecule has 0 aliphatic carbocycles. The first-order valence-electron chi connectivity index (χ1n) is 31.0. The van der Waals surface area contributed by atoms with Gasteiger partial charge in [-0.2, -0.15) is 0 Å². The van der Waals surface area contributed by atoms with E-state index in [9.17, 15) is 14.7 Å². The number of nitrogens with zero attached hydrogens (tertiary/aromatic N) is 3. The lowest BCUT2D eigenvalue weighted by Gasteiger charge is -2.23. The van der Waals surface area contributed by atoms with E-state index in [0.29, 0.717) is 30.4 Å². The summed E-state index contributed by atoms with van der Waals surface area (Å²) < 4.78 is 0. The molecular formula is C63H119N3O3. The van der Waals surface area contributed by atoms with Crippen molar-refractivity contribution in [1.29, 1.82) is 0 Å². The number of carbonyl (C=O) groups excluding carboxylic acids is 2. The Morgan fingerprint density at radius 3 is 0.899 bits per heavy atom. The Labute approximate surface area is 431 Å². The molecule has 0 saturated carbocycles. The second-order valence-electron chi connectivity index (χ2n) is 21.6. The molecule has 6 nitrogen and oxygen atoms in total. The predicted octanol–water partition coefficient (Wildman–Crippen LogP) is 19.1. The molecule has 0 aliphatic heterocycles. The summed E-state index contributed by atoms with van der Waals surface area (Å²) in [6, 6.07) is 7.78. The highest BCUT2D eigenvalue weighted by Gasteiger charge is 2.15. The standard InChI is InChI=1S/C63H119N3O3/c1-5-9-13-17-21-25-35-43-54-65(55-44-36-26-22-18-14-10-6-2)62(68)50-39-31-29-33-41-52-64(59-60-48-47-49-61(67)58-60)53-42-34-30-32-40-51-63(69)66(56-45-37-27-23-19-15-11-7-3)57-46-38-28-24-20-16-12-8-4/h47-49,58,67H,5-46,50-57,59H2,1-4H3. The second kappa shape index (κ2) is 50.8. The molecule has 1 aromatic rings. The summed E-state index contributed by atoms with van der Waals surface area (Å²) in [6.45, 7) is 16.0. The molecule has 1 N–H and O–H groups in total. The van der Waals surface area contributed by atoms with Gasteiger partial charge in [-0.25, -0.2) is 0 Å². The molecule has 0 aliphatic rings. The Hall–Kier alpha value is -2.08. The molecule has 2 amide bonds. The van der Waals surface area contributed by atoms with Gasteiger partial charge in [-0.1, -0.05) is 258 Å². The molecule has 0 fully saturated rings. The minimum Gasteiger partial charge on any atom is -0.508 e. The van der Waals surface area contributed by atoms with Crippen LogP contribution in [0.3, 0.4) is 0 Å². The molecular weight excluding hydrogens is 847 g/mol. The highest BCUT2D eigenvalue weighted by Crippen LogP contribution is 2.19. The van der Waals surface area contributed by atoms with Crippen LogP contribution in [-0.4, -0.2) is 70.9 Å². The minimum absolute atomic E-state index is 0.347. The lowest BCUT2D eigenvalue weighted by Crippen LogP contribution is -2.32. The topological polar surface area (TPSA) is 64.1 Å². The maximum absolute atomic E-state index is 13.5. The minimum atomic E-state index is 0.347. The van der Waals surface area contributed by atoms with Crippen LogP contribution in [0, 0.1) is 0 Å². The zero-order valence-corrected chi connectivity index (χ0v) is 47.0. The van der Waals surface area contributed by atoms with E-state index in [-0.39, 0.29) is 0 Å². The normalized spacial score (nSPS) is 11.6. The highest BCUT2D eigenvalue weighted by atomic mass is 16.3. The van der Waals surface area contributed by atoms with Gasteiger partial charge in [0.25, 0.3) is 0 Å². The van der Waals surface area contributed by atoms with Gasteiger partial charge in [0.05, 0.1) is 0 Å². The summed E-state index contributed by atoms with van der Waals surface area (Å²) in [5.74, 6) is 1.14. The van der Waals surface area contributed by atoms with E-state index in [1.54, 1.807) is 6.07 Å². The van der Waals surface area contributed by atoms with Crippen molar-refractivity contribution in [3.63, 3.8) is 0 Å². The molecule has 6 heteroatoms. The lowest BCUT2D eigenvalue weighted by molar-refractivity contribution is -0.132. The fraction of sp³-hybridized carbons (Fsp3) is 0.873. The second-order valence-corrected chi connectivity index (χ2v) is 21.6. The third-order valence-electron chi connectivity index (χ3n) is 14.9. The molecule has 0 heterocycles. The van der Waals surface area contributed by atoms with E-state index < -0.39 is 0 Å². The molecule has 0 radical (unpaired) electrons. The van der Waals surface area contributed by atoms with Crippen LogP contribution in [0.25, 0.3) is 0 Å². The Morgan fingerprint density at radius 2 is 0.609 bits per heavy atom. The molecule has 69 heavy (non-hydrogen) atoms. The quantitative estimate of drug-likeness (QED) is 0.0661. The third kappa shape index (κ3) is 42.2. The van der Waals surface area contributed by atoms with Gasteiger partial charge >= 0.3 is 0 Å². The largest absolute Gasteiger partial charge is 0.508 e. The van der Waals surface area contributed by atoms with Gasteiger partial charge in [-0.3, -0.25) is 14.5 Å². The van der Waals surface area contributed by atoms with Gasteiger partial charge in [-0.05, 0) is 82.2 Å². The van der Waals surface area contributed by atoms with Crippen molar-refractivity contribution < 1.29 is 14.7 Å². The summed E-state index contributed by atoms with van der Waals surface area (Å²) in [6.07, 6.45) is 54.9. The summed E-state index contributed by atoms with van der Waals surface area (Å²) in [4.78, 5) is 34.0. The van der Waals surface area contributed by atoms with Gasteiger partial charge in [0.15, 0.2) is 0 Å². The first-order valence-corrected chi connectivity index (χ1v) is 31.0. The Balaban J connectivity index is 2.49. The van der Waals surface area contributed by atoms with Crippen LogP contribution in [-0.2, 0) is 16.1 Å². The molecule has 1 rings (SSSR count). The number of amides is 2. The average molecular weight is 967 g/mol. The molecule has 0 saturated heterocycles. The van der Waals surface area contributed by atoms with Crippen molar-refractivity contribution in [3.05, 3.63) is 29.8 Å². The van der Waals surface area contributed by atoms with E-state index in [4.69, 9.17) is 0 Å². The van der Waals surface area contributed by atoms with Crippen LogP contribution in [0.1, 0.15) is 316 Å². The third-order valence-corrected chi connectivity index (χ3v) is 14.9. The number of hydrogen-bond donors (Lipinski definition) is 1. The van der Waals surface area contributed by atoms with Crippen molar-refractivity contribution in [3.8, 4) is 5.75 Å². The fourth-order valence-electron chi connectivity index (χ4n) is 10.3. The van der Waals surface area contributed by atoms with Crippen molar-refractivity contribution >= 4 is 11.8 Å². The summed E-state index contributed by atoms with van der Waals surface area (Å²) in [5.41, 5.74) is 1.18. The first-order chi connectivity index (χ1) is 33.9. The van der Waals surface area contributed by atoms with Gasteiger partial charge in [0.2, 0.25) is 11.8 Å². The van der Waals surface area contributed by atoms with Crippen LogP contribution in [0.5, 0.6) is 5.75 Å². The summed E-state index contributed by atoms with van der Waals surface area (Å²) >= 11 is 0. The zero-order chi connectivity index (χ0) is 49.9. The number of phenols is 1. The maximum atomic E-state index is 13.5. The van der Waals surface area contributed by atoms with Gasteiger partial charge in [0.1, 0.15) is 5.75 Å². The van der Waals surface area contributed by atoms with Crippen LogP contribution < -0.4 is 0 Å². The SMILES string of the molecule is CCCCCCCCCCN(CCCCCCCCCC)C(=O)CCCCCCCN(CCCCCCCC(=O)N(CCCCCCCCCC)CCCCCCCCCC)Cc1cccc(O)c1. The van der Waals surface area contributed by atoms with E-state index in [1.165, 1.54) is 224 Å². The Kier molecular flexibility index (Phi) is 47.8. The van der Waals surface area contributed by atoms with E-state index >= 15 is 0 Å². The smallest absolute Gasteiger partial charge is 0.222 e. The maximum Gasteiger partial charge on any atom is 0.222 e. The van der Waals surface area contributed by atoms with Crippen molar-refractivity contribution in [2.45, 2.75) is 317 Å². The predicted molar refractivity (Wildman–Crippen MR) is 302 cm³/mol.